The van der Waals surface area contributed by atoms with E-state index in [0.29, 0.717) is 18.0 Å². The predicted molar refractivity (Wildman–Crippen MR) is 80.9 cm³/mol. The largest absolute Gasteiger partial charge is 0.496 e. The molecule has 0 radical (unpaired) electrons. The van der Waals surface area contributed by atoms with Crippen LogP contribution in [0.15, 0.2) is 18.2 Å². The van der Waals surface area contributed by atoms with Crippen LogP contribution in [0.4, 0.5) is 11.4 Å². The van der Waals surface area contributed by atoms with Crippen LogP contribution >= 0.6 is 0 Å². The molecule has 2 rings (SSSR count). The molecule has 1 saturated heterocycles. The van der Waals surface area contributed by atoms with Crippen molar-refractivity contribution in [3.05, 3.63) is 28.3 Å². The van der Waals surface area contributed by atoms with Gasteiger partial charge < -0.3 is 14.8 Å². The van der Waals surface area contributed by atoms with E-state index in [-0.39, 0.29) is 22.8 Å². The number of nitro groups is 1. The zero-order valence-corrected chi connectivity index (χ0v) is 12.5. The molecule has 0 amide bonds. The maximum atomic E-state index is 11.2. The average molecular weight is 294 g/mol. The Morgan fingerprint density at radius 2 is 2.33 bits per heavy atom. The molecular formula is C15H22N2O4. The number of anilines is 1. The van der Waals surface area contributed by atoms with E-state index in [0.717, 1.165) is 25.7 Å². The predicted octanol–water partition coefficient (Wildman–Crippen LogP) is 3.36. The fourth-order valence-corrected chi connectivity index (χ4v) is 2.67. The number of nitrogens with one attached hydrogen (secondary N) is 1. The topological polar surface area (TPSA) is 73.6 Å². The lowest BCUT2D eigenvalue weighted by Gasteiger charge is -2.30. The van der Waals surface area contributed by atoms with Crippen LogP contribution in [0.2, 0.25) is 0 Å². The maximum absolute atomic E-state index is 11.2. The monoisotopic (exact) mass is 294 g/mol. The SMILES string of the molecule is CCCC1CC(Nc2ccc(OC)cc2[N+](=O)[O-])CCO1. The molecule has 6 nitrogen and oxygen atoms in total. The first-order valence-electron chi connectivity index (χ1n) is 7.34. The first-order valence-corrected chi connectivity index (χ1v) is 7.34. The summed E-state index contributed by atoms with van der Waals surface area (Å²) in [4.78, 5) is 10.8. The van der Waals surface area contributed by atoms with Crippen LogP contribution < -0.4 is 10.1 Å². The first kappa shape index (κ1) is 15.6. The molecule has 0 spiro atoms. The summed E-state index contributed by atoms with van der Waals surface area (Å²) in [6.07, 6.45) is 4.11. The number of nitro benzene ring substituents is 1. The lowest BCUT2D eigenvalue weighted by Crippen LogP contribution is -2.34. The Bertz CT molecular complexity index is 491. The van der Waals surface area contributed by atoms with E-state index < -0.39 is 0 Å². The van der Waals surface area contributed by atoms with E-state index in [1.54, 1.807) is 12.1 Å². The molecular weight excluding hydrogens is 272 g/mol. The van der Waals surface area contributed by atoms with Crippen molar-refractivity contribution in [2.75, 3.05) is 19.0 Å². The van der Waals surface area contributed by atoms with Crippen LogP contribution in [-0.4, -0.2) is 30.8 Å². The minimum absolute atomic E-state index is 0.0490. The van der Waals surface area contributed by atoms with Crippen LogP contribution in [0.1, 0.15) is 32.6 Å². The third kappa shape index (κ3) is 4.07. The molecule has 1 aliphatic heterocycles. The second-order valence-electron chi connectivity index (χ2n) is 5.29. The number of hydrogen-bond acceptors (Lipinski definition) is 5. The van der Waals surface area contributed by atoms with Crippen molar-refractivity contribution < 1.29 is 14.4 Å². The highest BCUT2D eigenvalue weighted by atomic mass is 16.6. The van der Waals surface area contributed by atoms with E-state index in [1.165, 1.54) is 13.2 Å². The molecule has 1 heterocycles. The fourth-order valence-electron chi connectivity index (χ4n) is 2.67. The van der Waals surface area contributed by atoms with Crippen molar-refractivity contribution in [3.63, 3.8) is 0 Å². The molecule has 2 unspecified atom stereocenters. The summed E-state index contributed by atoms with van der Waals surface area (Å²) in [5.74, 6) is 0.489. The standard InChI is InChI=1S/C15H22N2O4/c1-3-4-13-9-11(7-8-21-13)16-14-6-5-12(20-2)10-15(14)17(18)19/h5-6,10-11,13,16H,3-4,7-9H2,1-2H3. The number of benzene rings is 1. The Labute approximate surface area is 124 Å². The van der Waals surface area contributed by atoms with Crippen LogP contribution in [0.5, 0.6) is 5.75 Å². The van der Waals surface area contributed by atoms with Gasteiger partial charge in [0.25, 0.3) is 5.69 Å². The molecule has 0 aliphatic carbocycles. The minimum Gasteiger partial charge on any atom is -0.496 e. The van der Waals surface area contributed by atoms with E-state index in [2.05, 4.69) is 12.2 Å². The van der Waals surface area contributed by atoms with Crippen molar-refractivity contribution in [2.45, 2.75) is 44.8 Å². The minimum atomic E-state index is -0.381. The third-order valence-corrected chi connectivity index (χ3v) is 3.74. The van der Waals surface area contributed by atoms with E-state index >= 15 is 0 Å². The van der Waals surface area contributed by atoms with Crippen molar-refractivity contribution in [1.82, 2.24) is 0 Å². The molecule has 1 aliphatic rings. The quantitative estimate of drug-likeness (QED) is 0.643. The van der Waals surface area contributed by atoms with Gasteiger partial charge in [-0.05, 0) is 31.4 Å². The average Bonchev–Trinajstić information content (AvgIpc) is 2.48. The van der Waals surface area contributed by atoms with Crippen molar-refractivity contribution in [1.29, 1.82) is 0 Å². The van der Waals surface area contributed by atoms with Gasteiger partial charge >= 0.3 is 0 Å². The molecule has 0 aromatic heterocycles. The third-order valence-electron chi connectivity index (χ3n) is 3.74. The molecule has 1 N–H and O–H groups in total. The summed E-state index contributed by atoms with van der Waals surface area (Å²) in [6.45, 7) is 2.83. The molecule has 1 aromatic rings. The zero-order valence-electron chi connectivity index (χ0n) is 12.5. The summed E-state index contributed by atoms with van der Waals surface area (Å²) in [6, 6.07) is 5.10. The molecule has 0 bridgehead atoms. The normalized spacial score (nSPS) is 21.8. The summed E-state index contributed by atoms with van der Waals surface area (Å²) >= 11 is 0. The number of ether oxygens (including phenoxy) is 2. The summed E-state index contributed by atoms with van der Waals surface area (Å²) in [5, 5.41) is 14.5. The molecule has 21 heavy (non-hydrogen) atoms. The van der Waals surface area contributed by atoms with Gasteiger partial charge in [0, 0.05) is 12.6 Å². The maximum Gasteiger partial charge on any atom is 0.296 e. The Hall–Kier alpha value is -1.82. The highest BCUT2D eigenvalue weighted by Crippen LogP contribution is 2.31. The van der Waals surface area contributed by atoms with Crippen molar-refractivity contribution in [3.8, 4) is 5.75 Å². The lowest BCUT2D eigenvalue weighted by atomic mass is 9.99. The fraction of sp³-hybridized carbons (Fsp3) is 0.600. The second kappa shape index (κ2) is 7.26. The van der Waals surface area contributed by atoms with Gasteiger partial charge in [-0.15, -0.1) is 0 Å². The van der Waals surface area contributed by atoms with E-state index in [9.17, 15) is 10.1 Å². The van der Waals surface area contributed by atoms with Crippen LogP contribution in [0, 0.1) is 10.1 Å². The van der Waals surface area contributed by atoms with Crippen LogP contribution in [0.3, 0.4) is 0 Å². The number of methoxy groups -OCH3 is 1. The number of rotatable bonds is 6. The Balaban J connectivity index is 2.09. The Morgan fingerprint density at radius 3 is 3.00 bits per heavy atom. The molecule has 0 saturated carbocycles. The molecule has 1 fully saturated rings. The van der Waals surface area contributed by atoms with Gasteiger partial charge in [-0.3, -0.25) is 10.1 Å². The summed E-state index contributed by atoms with van der Waals surface area (Å²) in [5.41, 5.74) is 0.593. The van der Waals surface area contributed by atoms with Gasteiger partial charge in [-0.2, -0.15) is 0 Å². The zero-order chi connectivity index (χ0) is 15.2. The van der Waals surface area contributed by atoms with Gasteiger partial charge in [0.05, 0.1) is 24.2 Å². The lowest BCUT2D eigenvalue weighted by molar-refractivity contribution is -0.384. The van der Waals surface area contributed by atoms with Gasteiger partial charge in [0.15, 0.2) is 0 Å². The molecule has 1 aromatic carbocycles. The Kier molecular flexibility index (Phi) is 5.38. The molecule has 2 atom stereocenters. The molecule has 116 valence electrons. The van der Waals surface area contributed by atoms with Crippen molar-refractivity contribution in [2.24, 2.45) is 0 Å². The van der Waals surface area contributed by atoms with E-state index in [4.69, 9.17) is 9.47 Å². The Morgan fingerprint density at radius 1 is 1.52 bits per heavy atom. The summed E-state index contributed by atoms with van der Waals surface area (Å²) < 4.78 is 10.8. The van der Waals surface area contributed by atoms with Crippen LogP contribution in [0.25, 0.3) is 0 Å². The van der Waals surface area contributed by atoms with E-state index in [1.807, 2.05) is 0 Å². The highest BCUT2D eigenvalue weighted by molar-refractivity contribution is 5.64. The van der Waals surface area contributed by atoms with Crippen molar-refractivity contribution >= 4 is 11.4 Å². The van der Waals surface area contributed by atoms with Gasteiger partial charge in [0.1, 0.15) is 11.4 Å². The van der Waals surface area contributed by atoms with Gasteiger partial charge in [0.2, 0.25) is 0 Å². The number of nitrogens with zero attached hydrogens (tertiary/aromatic N) is 1. The smallest absolute Gasteiger partial charge is 0.296 e. The number of hydrogen-bond donors (Lipinski definition) is 1. The van der Waals surface area contributed by atoms with Gasteiger partial charge in [-0.25, -0.2) is 0 Å². The summed E-state index contributed by atoms with van der Waals surface area (Å²) in [7, 11) is 1.50. The first-order chi connectivity index (χ1) is 10.1. The van der Waals surface area contributed by atoms with Crippen LogP contribution in [-0.2, 0) is 4.74 Å². The second-order valence-corrected chi connectivity index (χ2v) is 5.29. The highest BCUT2D eigenvalue weighted by Gasteiger charge is 2.24. The van der Waals surface area contributed by atoms with Gasteiger partial charge in [-0.1, -0.05) is 13.3 Å². The molecule has 6 heteroatoms.